The fraction of sp³-hybridized carbons (Fsp3) is 0.250. The van der Waals surface area contributed by atoms with E-state index in [1.807, 2.05) is 6.26 Å². The Hall–Kier alpha value is -0.930. The van der Waals surface area contributed by atoms with Gasteiger partial charge in [0.1, 0.15) is 5.03 Å². The molecule has 0 aliphatic rings. The highest BCUT2D eigenvalue weighted by atomic mass is 32.2. The van der Waals surface area contributed by atoms with Gasteiger partial charge in [-0.05, 0) is 18.0 Å². The van der Waals surface area contributed by atoms with Crippen LogP contribution < -0.4 is 5.32 Å². The number of anilines is 1. The Kier molecular flexibility index (Phi) is 4.13. The van der Waals surface area contributed by atoms with Gasteiger partial charge in [-0.15, -0.1) is 10.2 Å². The van der Waals surface area contributed by atoms with E-state index in [2.05, 4.69) is 25.5 Å². The second-order valence-electron chi connectivity index (χ2n) is 2.74. The van der Waals surface area contributed by atoms with Gasteiger partial charge in [0.2, 0.25) is 5.95 Å². The number of nitrogens with zero attached hydrogens (tertiary/aromatic N) is 4. The number of thioether (sulfide) groups is 1. The molecule has 0 atom stereocenters. The first kappa shape index (κ1) is 12.5. The van der Waals surface area contributed by atoms with Crippen LogP contribution in [-0.4, -0.2) is 33.5 Å². The third-order valence-corrected chi connectivity index (χ3v) is 4.61. The molecule has 0 saturated heterocycles. The molecule has 0 aromatic carbocycles. The van der Waals surface area contributed by atoms with Crippen LogP contribution in [0.25, 0.3) is 0 Å². The number of nitrogens with one attached hydrogen (secondary N) is 1. The number of hydrogen-bond acceptors (Lipinski definition) is 8. The van der Waals surface area contributed by atoms with Gasteiger partial charge in [0.05, 0.1) is 6.20 Å². The van der Waals surface area contributed by atoms with Crippen LogP contribution in [0.3, 0.4) is 0 Å². The molecule has 5 nitrogen and oxygen atoms in total. The van der Waals surface area contributed by atoms with Crippen LogP contribution in [0.2, 0.25) is 0 Å². The summed E-state index contributed by atoms with van der Waals surface area (Å²) in [6.07, 6.45) is 3.05. The quantitative estimate of drug-likeness (QED) is 0.684. The molecule has 0 saturated carbocycles. The summed E-state index contributed by atoms with van der Waals surface area (Å²) in [4.78, 5) is 7.79. The Morgan fingerprint density at radius 3 is 2.76 bits per heavy atom. The maximum Gasteiger partial charge on any atom is 0.223 e. The fourth-order valence-corrected chi connectivity index (χ4v) is 3.28. The van der Waals surface area contributed by atoms with E-state index in [1.165, 1.54) is 23.1 Å². The number of rotatable bonds is 4. The van der Waals surface area contributed by atoms with E-state index < -0.39 is 5.82 Å². The Morgan fingerprint density at radius 1 is 1.35 bits per heavy atom. The van der Waals surface area contributed by atoms with E-state index in [0.29, 0.717) is 10.3 Å². The van der Waals surface area contributed by atoms with Gasteiger partial charge < -0.3 is 5.32 Å². The van der Waals surface area contributed by atoms with Gasteiger partial charge in [0.25, 0.3) is 0 Å². The number of halogens is 1. The highest BCUT2D eigenvalue weighted by Crippen LogP contribution is 2.33. The molecule has 0 spiro atoms. The summed E-state index contributed by atoms with van der Waals surface area (Å²) < 4.78 is 15.0. The van der Waals surface area contributed by atoms with E-state index in [-0.39, 0.29) is 5.03 Å². The molecule has 0 amide bonds. The van der Waals surface area contributed by atoms with Crippen molar-refractivity contribution < 1.29 is 4.39 Å². The van der Waals surface area contributed by atoms with Gasteiger partial charge in [-0.2, -0.15) is 0 Å². The van der Waals surface area contributed by atoms with Crippen LogP contribution in [0.4, 0.5) is 10.3 Å². The zero-order chi connectivity index (χ0) is 12.3. The number of aromatic nitrogens is 4. The fourth-order valence-electron chi connectivity index (χ4n) is 0.947. The van der Waals surface area contributed by atoms with Crippen molar-refractivity contribution in [1.29, 1.82) is 0 Å². The van der Waals surface area contributed by atoms with Crippen molar-refractivity contribution in [3.63, 3.8) is 0 Å². The van der Waals surface area contributed by atoms with Crippen molar-refractivity contribution >= 4 is 40.8 Å². The molecule has 0 bridgehead atoms. The minimum atomic E-state index is -0.463. The lowest BCUT2D eigenvalue weighted by Crippen LogP contribution is -1.98. The summed E-state index contributed by atoms with van der Waals surface area (Å²) in [6, 6.07) is 0. The molecular weight excluding hydrogens is 281 g/mol. The molecule has 1 N–H and O–H groups in total. The van der Waals surface area contributed by atoms with Gasteiger partial charge in [0, 0.05) is 7.05 Å². The molecule has 0 aliphatic heterocycles. The summed E-state index contributed by atoms with van der Waals surface area (Å²) in [5.74, 6) is -0.0848. The zero-order valence-electron chi connectivity index (χ0n) is 8.97. The van der Waals surface area contributed by atoms with Crippen LogP contribution in [-0.2, 0) is 0 Å². The first-order valence-corrected chi connectivity index (χ1v) is 7.34. The SMILES string of the molecule is CNc1ncc(F)c(Sc2nnc(SC)s2)n1. The average Bonchev–Trinajstić information content (AvgIpc) is 2.80. The van der Waals surface area contributed by atoms with Crippen LogP contribution in [0.15, 0.2) is 19.9 Å². The summed E-state index contributed by atoms with van der Waals surface area (Å²) in [5, 5.41) is 10.9. The van der Waals surface area contributed by atoms with E-state index in [1.54, 1.807) is 7.05 Å². The second kappa shape index (κ2) is 5.61. The van der Waals surface area contributed by atoms with Gasteiger partial charge in [0.15, 0.2) is 14.5 Å². The monoisotopic (exact) mass is 289 g/mol. The lowest BCUT2D eigenvalue weighted by atomic mass is 10.6. The van der Waals surface area contributed by atoms with E-state index in [4.69, 9.17) is 0 Å². The lowest BCUT2D eigenvalue weighted by molar-refractivity contribution is 0.580. The molecule has 2 rings (SSSR count). The Labute approximate surface area is 110 Å². The largest absolute Gasteiger partial charge is 0.357 e. The lowest BCUT2D eigenvalue weighted by Gasteiger charge is -2.01. The Bertz CT molecular complexity index is 518. The van der Waals surface area contributed by atoms with Crippen molar-refractivity contribution in [3.05, 3.63) is 12.0 Å². The number of hydrogen-bond donors (Lipinski definition) is 1. The molecule has 9 heteroatoms. The van der Waals surface area contributed by atoms with Gasteiger partial charge >= 0.3 is 0 Å². The molecule has 2 heterocycles. The molecule has 0 radical (unpaired) electrons. The molecule has 2 aromatic rings. The highest BCUT2D eigenvalue weighted by molar-refractivity contribution is 8.02. The van der Waals surface area contributed by atoms with Crippen molar-refractivity contribution in [1.82, 2.24) is 20.2 Å². The first-order chi connectivity index (χ1) is 8.22. The van der Waals surface area contributed by atoms with Crippen molar-refractivity contribution in [2.45, 2.75) is 13.7 Å². The maximum atomic E-state index is 13.5. The third kappa shape index (κ3) is 3.05. The van der Waals surface area contributed by atoms with Crippen LogP contribution in [0.5, 0.6) is 0 Å². The molecule has 0 unspecified atom stereocenters. The van der Waals surface area contributed by atoms with Gasteiger partial charge in [-0.1, -0.05) is 23.1 Å². The van der Waals surface area contributed by atoms with Crippen LogP contribution in [0.1, 0.15) is 0 Å². The maximum absolute atomic E-state index is 13.5. The minimum absolute atomic E-state index is 0.244. The summed E-state index contributed by atoms with van der Waals surface area (Å²) in [5.41, 5.74) is 0. The van der Waals surface area contributed by atoms with Gasteiger partial charge in [-0.3, -0.25) is 0 Å². The van der Waals surface area contributed by atoms with Crippen molar-refractivity contribution in [3.8, 4) is 0 Å². The van der Waals surface area contributed by atoms with Crippen LogP contribution >= 0.6 is 34.9 Å². The van der Waals surface area contributed by atoms with E-state index in [9.17, 15) is 4.39 Å². The molecule has 2 aromatic heterocycles. The Morgan fingerprint density at radius 2 is 2.12 bits per heavy atom. The molecule has 0 fully saturated rings. The topological polar surface area (TPSA) is 63.6 Å². The molecule has 90 valence electrons. The minimum Gasteiger partial charge on any atom is -0.357 e. The van der Waals surface area contributed by atoms with Gasteiger partial charge in [-0.25, -0.2) is 14.4 Å². The predicted molar refractivity (Wildman–Crippen MR) is 67.3 cm³/mol. The predicted octanol–water partition coefficient (Wildman–Crippen LogP) is 2.38. The summed E-state index contributed by atoms with van der Waals surface area (Å²) >= 11 is 4.06. The standard InChI is InChI=1S/C8H8FN5S3/c1-10-6-11-3-4(9)5(12-6)16-8-14-13-7(15-2)17-8/h3H,1-2H3,(H,10,11,12). The summed E-state index contributed by atoms with van der Waals surface area (Å²) in [6.45, 7) is 0. The molecule has 0 aliphatic carbocycles. The second-order valence-corrected chi connectivity index (χ2v) is 6.00. The molecular formula is C8H8FN5S3. The smallest absolute Gasteiger partial charge is 0.223 e. The average molecular weight is 289 g/mol. The molecule has 17 heavy (non-hydrogen) atoms. The zero-order valence-corrected chi connectivity index (χ0v) is 11.4. The van der Waals surface area contributed by atoms with Crippen molar-refractivity contribution in [2.24, 2.45) is 0 Å². The normalized spacial score (nSPS) is 10.5. The third-order valence-electron chi connectivity index (χ3n) is 1.68. The van der Waals surface area contributed by atoms with E-state index >= 15 is 0 Å². The summed E-state index contributed by atoms with van der Waals surface area (Å²) in [7, 11) is 1.68. The van der Waals surface area contributed by atoms with Crippen LogP contribution in [0, 0.1) is 5.82 Å². The van der Waals surface area contributed by atoms with E-state index in [0.717, 1.165) is 22.3 Å². The Balaban J connectivity index is 2.22. The first-order valence-electron chi connectivity index (χ1n) is 4.48. The van der Waals surface area contributed by atoms with Crippen molar-refractivity contribution in [2.75, 3.05) is 18.6 Å². The highest BCUT2D eigenvalue weighted by Gasteiger charge is 2.11.